The molecule has 6 nitrogen and oxygen atoms in total. The molecule has 1 aromatic heterocycles. The number of rotatable bonds is 3. The predicted molar refractivity (Wildman–Crippen MR) is 73.6 cm³/mol. The second-order valence-electron chi connectivity index (χ2n) is 5.00. The highest BCUT2D eigenvalue weighted by Crippen LogP contribution is 2.24. The van der Waals surface area contributed by atoms with Crippen molar-refractivity contribution in [3.8, 4) is 0 Å². The van der Waals surface area contributed by atoms with Crippen molar-refractivity contribution >= 4 is 32.5 Å². The smallest absolute Gasteiger partial charge is 0.246 e. The Hall–Kier alpha value is -1.96. The Labute approximate surface area is 115 Å². The Morgan fingerprint density at radius 1 is 1.40 bits per heavy atom. The molecule has 0 aliphatic rings. The first-order valence-corrected chi connectivity index (χ1v) is 7.67. The highest BCUT2D eigenvalue weighted by molar-refractivity contribution is 7.92. The third kappa shape index (κ3) is 2.38. The Morgan fingerprint density at radius 3 is 2.65 bits per heavy atom. The van der Waals surface area contributed by atoms with Crippen LogP contribution < -0.4 is 5.32 Å². The molecule has 8 heteroatoms. The molecule has 2 aromatic rings. The molecule has 0 aliphatic heterocycles. The van der Waals surface area contributed by atoms with Gasteiger partial charge in [-0.1, -0.05) is 0 Å². The van der Waals surface area contributed by atoms with Gasteiger partial charge >= 0.3 is 0 Å². The second kappa shape index (κ2) is 4.55. The lowest BCUT2D eigenvalue weighted by Crippen LogP contribution is -2.43. The van der Waals surface area contributed by atoms with Crippen molar-refractivity contribution < 1.29 is 17.6 Å². The van der Waals surface area contributed by atoms with Gasteiger partial charge in [-0.3, -0.25) is 9.89 Å². The topological polar surface area (TPSA) is 91.9 Å². The van der Waals surface area contributed by atoms with Gasteiger partial charge in [-0.2, -0.15) is 5.10 Å². The minimum Gasteiger partial charge on any atom is -0.307 e. The largest absolute Gasteiger partial charge is 0.307 e. The molecule has 2 rings (SSSR count). The number of carbonyl (C=O) groups is 1. The molecule has 1 amide bonds. The molecule has 0 aliphatic carbocycles. The van der Waals surface area contributed by atoms with E-state index in [1.165, 1.54) is 32.0 Å². The number of aromatic nitrogens is 2. The first-order chi connectivity index (χ1) is 9.13. The van der Waals surface area contributed by atoms with Crippen LogP contribution in [0.4, 0.5) is 10.2 Å². The van der Waals surface area contributed by atoms with Crippen LogP contribution in [0.5, 0.6) is 0 Å². The van der Waals surface area contributed by atoms with E-state index in [1.807, 2.05) is 0 Å². The van der Waals surface area contributed by atoms with Crippen LogP contribution in [0.25, 0.3) is 10.9 Å². The Bertz CT molecular complexity index is 780. The van der Waals surface area contributed by atoms with Crippen molar-refractivity contribution in [3.63, 3.8) is 0 Å². The molecule has 0 saturated carbocycles. The van der Waals surface area contributed by atoms with E-state index >= 15 is 0 Å². The van der Waals surface area contributed by atoms with Crippen LogP contribution in [0.15, 0.2) is 18.2 Å². The highest BCUT2D eigenvalue weighted by atomic mass is 32.2. The molecular weight excluding hydrogens is 285 g/mol. The number of H-pyrrole nitrogens is 1. The Morgan fingerprint density at radius 2 is 2.05 bits per heavy atom. The van der Waals surface area contributed by atoms with Gasteiger partial charge in [-0.15, -0.1) is 0 Å². The molecular formula is C12H14FN3O3S. The van der Waals surface area contributed by atoms with Crippen LogP contribution in [0.3, 0.4) is 0 Å². The monoisotopic (exact) mass is 299 g/mol. The molecule has 0 bridgehead atoms. The fourth-order valence-electron chi connectivity index (χ4n) is 1.51. The Kier molecular flexibility index (Phi) is 3.29. The van der Waals surface area contributed by atoms with Gasteiger partial charge in [0.05, 0.1) is 5.52 Å². The summed E-state index contributed by atoms with van der Waals surface area (Å²) in [6.45, 7) is 2.60. The minimum atomic E-state index is -3.59. The molecule has 20 heavy (non-hydrogen) atoms. The van der Waals surface area contributed by atoms with Gasteiger partial charge in [0.2, 0.25) is 5.91 Å². The van der Waals surface area contributed by atoms with Crippen LogP contribution in [0.1, 0.15) is 13.8 Å². The van der Waals surface area contributed by atoms with E-state index in [4.69, 9.17) is 0 Å². The molecule has 0 unspecified atom stereocenters. The Balaban J connectivity index is 2.38. The first kappa shape index (κ1) is 14.4. The van der Waals surface area contributed by atoms with Crippen molar-refractivity contribution in [1.29, 1.82) is 0 Å². The summed E-state index contributed by atoms with van der Waals surface area (Å²) in [5, 5.41) is 9.27. The van der Waals surface area contributed by atoms with Gasteiger partial charge in [0.15, 0.2) is 15.7 Å². The normalized spacial score (nSPS) is 12.6. The number of hydrogen-bond donors (Lipinski definition) is 2. The fourth-order valence-corrected chi connectivity index (χ4v) is 1.90. The van der Waals surface area contributed by atoms with Gasteiger partial charge in [0.25, 0.3) is 0 Å². The number of benzene rings is 1. The van der Waals surface area contributed by atoms with Crippen molar-refractivity contribution in [3.05, 3.63) is 24.0 Å². The van der Waals surface area contributed by atoms with E-state index in [-0.39, 0.29) is 5.82 Å². The maximum atomic E-state index is 13.2. The number of fused-ring (bicyclic) bond motifs is 1. The van der Waals surface area contributed by atoms with Gasteiger partial charge in [-0.25, -0.2) is 12.8 Å². The maximum absolute atomic E-state index is 13.2. The summed E-state index contributed by atoms with van der Waals surface area (Å²) in [5.74, 6) is -1.10. The van der Waals surface area contributed by atoms with Crippen LogP contribution in [0, 0.1) is 5.82 Å². The van der Waals surface area contributed by atoms with E-state index in [1.54, 1.807) is 0 Å². The summed E-state index contributed by atoms with van der Waals surface area (Å²) in [6.07, 6.45) is 0.981. The summed E-state index contributed by atoms with van der Waals surface area (Å²) < 4.78 is 34.8. The van der Waals surface area contributed by atoms with Crippen molar-refractivity contribution in [2.24, 2.45) is 0 Å². The standard InChI is InChI=1S/C12H14FN3O3S/c1-12(2,20(3,18)19)11(17)14-10-8-6-7(13)4-5-9(8)15-16-10/h4-6H,1-3H3,(H2,14,15,16,17). The maximum Gasteiger partial charge on any atom is 0.246 e. The lowest BCUT2D eigenvalue weighted by molar-refractivity contribution is -0.117. The average Bonchev–Trinajstić information content (AvgIpc) is 2.70. The van der Waals surface area contributed by atoms with Crippen molar-refractivity contribution in [2.45, 2.75) is 18.6 Å². The highest BCUT2D eigenvalue weighted by Gasteiger charge is 2.38. The number of anilines is 1. The molecule has 0 saturated heterocycles. The molecule has 0 fully saturated rings. The lowest BCUT2D eigenvalue weighted by Gasteiger charge is -2.20. The number of sulfone groups is 1. The van der Waals surface area contributed by atoms with E-state index in [9.17, 15) is 17.6 Å². The average molecular weight is 299 g/mol. The quantitative estimate of drug-likeness (QED) is 0.897. The van der Waals surface area contributed by atoms with E-state index in [0.29, 0.717) is 10.9 Å². The van der Waals surface area contributed by atoms with Crippen molar-refractivity contribution in [2.75, 3.05) is 11.6 Å². The van der Waals surface area contributed by atoms with Crippen LogP contribution >= 0.6 is 0 Å². The lowest BCUT2D eigenvalue weighted by atomic mass is 10.2. The van der Waals surface area contributed by atoms with Gasteiger partial charge < -0.3 is 5.32 Å². The first-order valence-electron chi connectivity index (χ1n) is 5.77. The molecule has 1 aromatic carbocycles. The number of halogens is 1. The molecule has 0 spiro atoms. The van der Waals surface area contributed by atoms with Crippen LogP contribution in [-0.2, 0) is 14.6 Å². The second-order valence-corrected chi connectivity index (χ2v) is 7.56. The number of nitrogens with one attached hydrogen (secondary N) is 2. The SMILES string of the molecule is CC(C)(C(=O)Nc1n[nH]c2ccc(F)cc12)S(C)(=O)=O. The number of aromatic amines is 1. The fraction of sp³-hybridized carbons (Fsp3) is 0.333. The number of amides is 1. The van der Waals surface area contributed by atoms with Gasteiger partial charge in [0, 0.05) is 11.6 Å². The third-order valence-electron chi connectivity index (χ3n) is 3.23. The molecule has 0 atom stereocenters. The van der Waals surface area contributed by atoms with Gasteiger partial charge in [0.1, 0.15) is 10.6 Å². The van der Waals surface area contributed by atoms with E-state index in [2.05, 4.69) is 15.5 Å². The summed E-state index contributed by atoms with van der Waals surface area (Å²) in [4.78, 5) is 12.1. The number of nitrogens with zero attached hydrogens (tertiary/aromatic N) is 1. The molecule has 2 N–H and O–H groups in total. The number of hydrogen-bond acceptors (Lipinski definition) is 4. The summed E-state index contributed by atoms with van der Waals surface area (Å²) in [5.41, 5.74) is 0.541. The molecule has 1 heterocycles. The minimum absolute atomic E-state index is 0.0984. The zero-order valence-corrected chi connectivity index (χ0v) is 12.0. The zero-order valence-electron chi connectivity index (χ0n) is 11.2. The van der Waals surface area contributed by atoms with Crippen molar-refractivity contribution in [1.82, 2.24) is 10.2 Å². The van der Waals surface area contributed by atoms with Crippen LogP contribution in [-0.4, -0.2) is 35.5 Å². The van der Waals surface area contributed by atoms with E-state index in [0.717, 1.165) is 6.26 Å². The van der Waals surface area contributed by atoms with Gasteiger partial charge in [-0.05, 0) is 32.0 Å². The van der Waals surface area contributed by atoms with E-state index < -0.39 is 26.3 Å². The molecule has 0 radical (unpaired) electrons. The summed E-state index contributed by atoms with van der Waals surface area (Å²) >= 11 is 0. The van der Waals surface area contributed by atoms with Crippen LogP contribution in [0.2, 0.25) is 0 Å². The summed E-state index contributed by atoms with van der Waals surface area (Å²) in [7, 11) is -3.59. The molecule has 108 valence electrons. The summed E-state index contributed by atoms with van der Waals surface area (Å²) in [6, 6.07) is 3.95. The zero-order chi connectivity index (χ0) is 15.1. The predicted octanol–water partition coefficient (Wildman–Crippen LogP) is 1.46. The third-order valence-corrected chi connectivity index (χ3v) is 5.27. The number of carbonyl (C=O) groups excluding carboxylic acids is 1.